The fourth-order valence-electron chi connectivity index (χ4n) is 2.56. The Kier molecular flexibility index (Phi) is 5.11. The average Bonchev–Trinajstić information content (AvgIpc) is 3.26. The molecule has 0 amide bonds. The average molecular weight is 311 g/mol. The highest BCUT2D eigenvalue weighted by Crippen LogP contribution is 2.29. The smallest absolute Gasteiger partial charge is 0.186 e. The summed E-state index contributed by atoms with van der Waals surface area (Å²) in [7, 11) is 1.74. The van der Waals surface area contributed by atoms with E-state index in [9.17, 15) is 0 Å². The molecule has 1 saturated heterocycles. The minimum Gasteiger partial charge on any atom is -0.378 e. The van der Waals surface area contributed by atoms with Crippen molar-refractivity contribution in [3.63, 3.8) is 0 Å². The van der Waals surface area contributed by atoms with Gasteiger partial charge in [-0.05, 0) is 19.3 Å². The second-order valence-corrected chi connectivity index (χ2v) is 6.86. The molecule has 1 aliphatic heterocycles. The van der Waals surface area contributed by atoms with Crippen molar-refractivity contribution in [2.24, 2.45) is 0 Å². The molecule has 1 N–H and O–H groups in total. The molecule has 5 nitrogen and oxygen atoms in total. The van der Waals surface area contributed by atoms with Gasteiger partial charge in [0.25, 0.3) is 0 Å². The van der Waals surface area contributed by atoms with Gasteiger partial charge >= 0.3 is 0 Å². The van der Waals surface area contributed by atoms with Gasteiger partial charge in [-0.1, -0.05) is 6.92 Å². The maximum atomic E-state index is 5.75. The zero-order valence-electron chi connectivity index (χ0n) is 12.9. The van der Waals surface area contributed by atoms with E-state index >= 15 is 0 Å². The molecule has 1 aromatic heterocycles. The van der Waals surface area contributed by atoms with E-state index in [2.05, 4.69) is 17.1 Å². The summed E-state index contributed by atoms with van der Waals surface area (Å²) in [5.74, 6) is 0. The quantitative estimate of drug-likeness (QED) is 0.836. The lowest BCUT2D eigenvalue weighted by Crippen LogP contribution is -2.42. The van der Waals surface area contributed by atoms with Gasteiger partial charge in [-0.25, -0.2) is 4.98 Å². The van der Waals surface area contributed by atoms with Crippen molar-refractivity contribution in [3.05, 3.63) is 10.6 Å². The number of morpholine rings is 1. The topological polar surface area (TPSA) is 46.6 Å². The van der Waals surface area contributed by atoms with E-state index in [-0.39, 0.29) is 0 Å². The van der Waals surface area contributed by atoms with Gasteiger partial charge in [0, 0.05) is 37.7 Å². The van der Waals surface area contributed by atoms with E-state index in [1.54, 1.807) is 18.4 Å². The number of anilines is 1. The minimum absolute atomic E-state index is 0.335. The van der Waals surface area contributed by atoms with Gasteiger partial charge in [0.05, 0.1) is 25.0 Å². The van der Waals surface area contributed by atoms with Gasteiger partial charge in [-0.2, -0.15) is 0 Å². The van der Waals surface area contributed by atoms with Gasteiger partial charge < -0.3 is 19.7 Å². The van der Waals surface area contributed by atoms with Gasteiger partial charge in [0.2, 0.25) is 0 Å². The molecule has 0 aromatic carbocycles. The van der Waals surface area contributed by atoms with Gasteiger partial charge in [-0.3, -0.25) is 0 Å². The molecule has 1 aliphatic carbocycles. The first-order valence-electron chi connectivity index (χ1n) is 7.87. The van der Waals surface area contributed by atoms with Crippen molar-refractivity contribution in [2.45, 2.75) is 51.5 Å². The van der Waals surface area contributed by atoms with Crippen molar-refractivity contribution >= 4 is 16.5 Å². The standard InChI is InChI=1S/C15H25N3O2S/c1-3-12-9-18(6-7-20-12)15-17-13(10-19-2)14(21-15)8-16-11-4-5-11/h11-12,16H,3-10H2,1-2H3. The zero-order valence-corrected chi connectivity index (χ0v) is 13.7. The molecule has 3 rings (SSSR count). The first-order valence-corrected chi connectivity index (χ1v) is 8.69. The first kappa shape index (κ1) is 15.2. The summed E-state index contributed by atoms with van der Waals surface area (Å²) in [4.78, 5) is 8.50. The number of thiazole rings is 1. The fraction of sp³-hybridized carbons (Fsp3) is 0.800. The van der Waals surface area contributed by atoms with Crippen molar-refractivity contribution in [2.75, 3.05) is 31.7 Å². The molecule has 0 radical (unpaired) electrons. The maximum absolute atomic E-state index is 5.75. The summed E-state index contributed by atoms with van der Waals surface area (Å²) >= 11 is 1.81. The zero-order chi connectivity index (χ0) is 14.7. The van der Waals surface area contributed by atoms with Crippen LogP contribution in [-0.4, -0.2) is 43.9 Å². The molecular formula is C15H25N3O2S. The summed E-state index contributed by atoms with van der Waals surface area (Å²) in [5, 5.41) is 4.70. The van der Waals surface area contributed by atoms with E-state index in [0.29, 0.717) is 12.7 Å². The van der Waals surface area contributed by atoms with Crippen molar-refractivity contribution < 1.29 is 9.47 Å². The van der Waals surface area contributed by atoms with Gasteiger partial charge in [0.1, 0.15) is 0 Å². The fourth-order valence-corrected chi connectivity index (χ4v) is 3.61. The summed E-state index contributed by atoms with van der Waals surface area (Å²) < 4.78 is 11.1. The van der Waals surface area contributed by atoms with Crippen LogP contribution >= 0.6 is 11.3 Å². The third-order valence-corrected chi connectivity index (χ3v) is 5.20. The molecule has 1 atom stereocenters. The number of ether oxygens (including phenoxy) is 2. The number of methoxy groups -OCH3 is 1. The Morgan fingerprint density at radius 1 is 1.48 bits per heavy atom. The number of nitrogens with one attached hydrogen (secondary N) is 1. The summed E-state index contributed by atoms with van der Waals surface area (Å²) in [6.07, 6.45) is 4.02. The highest BCUT2D eigenvalue weighted by molar-refractivity contribution is 7.15. The summed E-state index contributed by atoms with van der Waals surface area (Å²) in [6.45, 7) is 6.38. The Bertz CT molecular complexity index is 462. The highest BCUT2D eigenvalue weighted by Gasteiger charge is 2.25. The van der Waals surface area contributed by atoms with Gasteiger partial charge in [-0.15, -0.1) is 11.3 Å². The second kappa shape index (κ2) is 7.05. The molecular weight excluding hydrogens is 286 g/mol. The summed E-state index contributed by atoms with van der Waals surface area (Å²) in [5.41, 5.74) is 1.09. The van der Waals surface area contributed by atoms with Crippen molar-refractivity contribution in [1.82, 2.24) is 10.3 Å². The molecule has 2 aliphatic rings. The molecule has 1 aromatic rings. The van der Waals surface area contributed by atoms with E-state index in [0.717, 1.165) is 49.5 Å². The van der Waals surface area contributed by atoms with Crippen LogP contribution < -0.4 is 10.2 Å². The Hall–Kier alpha value is -0.690. The largest absolute Gasteiger partial charge is 0.378 e. The van der Waals surface area contributed by atoms with E-state index in [1.165, 1.54) is 17.7 Å². The number of nitrogens with zero attached hydrogens (tertiary/aromatic N) is 2. The Balaban J connectivity index is 1.69. The van der Waals surface area contributed by atoms with Crippen LogP contribution in [0.15, 0.2) is 0 Å². The van der Waals surface area contributed by atoms with Crippen LogP contribution in [0.3, 0.4) is 0 Å². The lowest BCUT2D eigenvalue weighted by atomic mass is 10.2. The van der Waals surface area contributed by atoms with Crippen LogP contribution in [-0.2, 0) is 22.6 Å². The molecule has 21 heavy (non-hydrogen) atoms. The third kappa shape index (κ3) is 3.94. The van der Waals surface area contributed by atoms with Gasteiger partial charge in [0.15, 0.2) is 5.13 Å². The van der Waals surface area contributed by atoms with Crippen LogP contribution in [0.4, 0.5) is 5.13 Å². The number of rotatable bonds is 7. The van der Waals surface area contributed by atoms with Crippen LogP contribution in [0, 0.1) is 0 Å². The molecule has 1 saturated carbocycles. The summed E-state index contributed by atoms with van der Waals surface area (Å²) in [6, 6.07) is 0.721. The molecule has 1 unspecified atom stereocenters. The van der Waals surface area contributed by atoms with E-state index < -0.39 is 0 Å². The van der Waals surface area contributed by atoms with Crippen molar-refractivity contribution in [1.29, 1.82) is 0 Å². The first-order chi connectivity index (χ1) is 10.3. The third-order valence-electron chi connectivity index (χ3n) is 4.04. The van der Waals surface area contributed by atoms with E-state index in [1.807, 2.05) is 0 Å². The number of aromatic nitrogens is 1. The normalized spacial score (nSPS) is 22.8. The molecule has 2 fully saturated rings. The van der Waals surface area contributed by atoms with E-state index in [4.69, 9.17) is 14.5 Å². The Labute approximate surface area is 130 Å². The highest BCUT2D eigenvalue weighted by atomic mass is 32.1. The molecule has 118 valence electrons. The predicted octanol–water partition coefficient (Wildman–Crippen LogP) is 2.16. The predicted molar refractivity (Wildman–Crippen MR) is 84.9 cm³/mol. The molecule has 2 heterocycles. The second-order valence-electron chi connectivity index (χ2n) is 5.80. The Morgan fingerprint density at radius 2 is 2.33 bits per heavy atom. The monoisotopic (exact) mass is 311 g/mol. The number of hydrogen-bond donors (Lipinski definition) is 1. The maximum Gasteiger partial charge on any atom is 0.186 e. The lowest BCUT2D eigenvalue weighted by Gasteiger charge is -2.32. The van der Waals surface area contributed by atoms with Crippen LogP contribution in [0.5, 0.6) is 0 Å². The van der Waals surface area contributed by atoms with Crippen molar-refractivity contribution in [3.8, 4) is 0 Å². The molecule has 6 heteroatoms. The number of hydrogen-bond acceptors (Lipinski definition) is 6. The lowest BCUT2D eigenvalue weighted by molar-refractivity contribution is 0.0384. The van der Waals surface area contributed by atoms with Crippen LogP contribution in [0.25, 0.3) is 0 Å². The minimum atomic E-state index is 0.335. The van der Waals surface area contributed by atoms with Crippen LogP contribution in [0.1, 0.15) is 36.8 Å². The van der Waals surface area contributed by atoms with Crippen LogP contribution in [0.2, 0.25) is 0 Å². The molecule has 0 bridgehead atoms. The SMILES string of the molecule is CCC1CN(c2nc(COC)c(CNC3CC3)s2)CCO1. The Morgan fingerprint density at radius 3 is 3.05 bits per heavy atom. The molecule has 0 spiro atoms.